The fourth-order valence-corrected chi connectivity index (χ4v) is 4.16. The van der Waals surface area contributed by atoms with E-state index in [9.17, 15) is 19.4 Å². The summed E-state index contributed by atoms with van der Waals surface area (Å²) in [7, 11) is 0.167. The Bertz CT molecular complexity index is 780. The van der Waals surface area contributed by atoms with Gasteiger partial charge in [-0.05, 0) is 43.9 Å². The number of phosphoric ester groups is 1. The Morgan fingerprint density at radius 2 is 1.64 bits per heavy atom. The second kappa shape index (κ2) is 14.0. The van der Waals surface area contributed by atoms with E-state index in [-0.39, 0.29) is 11.1 Å². The quantitative estimate of drug-likeness (QED) is 0.148. The first-order valence-corrected chi connectivity index (χ1v) is 12.9. The molecule has 3 atom stereocenters. The number of benzene rings is 1. The lowest BCUT2D eigenvalue weighted by Gasteiger charge is -2.42. The van der Waals surface area contributed by atoms with Gasteiger partial charge >= 0.3 is 13.8 Å². The van der Waals surface area contributed by atoms with Gasteiger partial charge in [-0.3, -0.25) is 13.8 Å². The normalized spacial score (nSPS) is 15.6. The summed E-state index contributed by atoms with van der Waals surface area (Å²) >= 11 is 0. The number of phosphoric acid groups is 1. The molecular weight excluding hydrogens is 449 g/mol. The molecule has 0 aliphatic carbocycles. The van der Waals surface area contributed by atoms with Gasteiger partial charge in [0.05, 0.1) is 40.8 Å². The van der Waals surface area contributed by atoms with Crippen LogP contribution in [0.5, 0.6) is 5.75 Å². The second-order valence-electron chi connectivity index (χ2n) is 9.22. The first-order chi connectivity index (χ1) is 15.3. The minimum atomic E-state index is -4.53. The third-order valence-electron chi connectivity index (χ3n) is 5.33. The van der Waals surface area contributed by atoms with Crippen molar-refractivity contribution in [1.82, 2.24) is 0 Å². The van der Waals surface area contributed by atoms with Crippen molar-refractivity contribution in [3.05, 3.63) is 29.3 Å². The maximum absolute atomic E-state index is 12.4. The molecular formula is C23H40NO8P. The van der Waals surface area contributed by atoms with E-state index in [1.54, 1.807) is 21.1 Å². The molecule has 10 heteroatoms. The number of carboxylic acids is 1. The number of quaternary nitrogens is 1. The Hall–Kier alpha value is -1.48. The van der Waals surface area contributed by atoms with Crippen molar-refractivity contribution in [1.29, 1.82) is 0 Å². The summed E-state index contributed by atoms with van der Waals surface area (Å²) < 4.78 is 27.7. The maximum atomic E-state index is 12.4. The highest BCUT2D eigenvalue weighted by Gasteiger charge is 2.34. The molecule has 0 saturated heterocycles. The first kappa shape index (κ1) is 29.6. The zero-order valence-corrected chi connectivity index (χ0v) is 21.4. The van der Waals surface area contributed by atoms with Crippen LogP contribution in [0.1, 0.15) is 56.1 Å². The molecule has 33 heavy (non-hydrogen) atoms. The number of aryl methyl sites for hydroxylation is 1. The van der Waals surface area contributed by atoms with Crippen molar-refractivity contribution in [3.8, 4) is 5.75 Å². The lowest BCUT2D eigenvalue weighted by molar-refractivity contribution is -0.973. The van der Waals surface area contributed by atoms with Crippen LogP contribution in [-0.4, -0.2) is 67.1 Å². The molecule has 1 aromatic rings. The molecule has 0 aromatic heterocycles. The minimum absolute atomic E-state index is 0.00276. The van der Waals surface area contributed by atoms with Gasteiger partial charge in [0.25, 0.3) is 0 Å². The van der Waals surface area contributed by atoms with Crippen molar-refractivity contribution in [2.24, 2.45) is 0 Å². The fraction of sp³-hybridized carbons (Fsp3) is 0.696. The number of hydrogen-bond donors (Lipinski definition) is 2. The Balaban J connectivity index is 2.22. The van der Waals surface area contributed by atoms with Gasteiger partial charge in [0, 0.05) is 6.23 Å². The van der Waals surface area contributed by atoms with E-state index in [2.05, 4.69) is 19.9 Å². The highest BCUT2D eigenvalue weighted by molar-refractivity contribution is 7.47. The molecule has 190 valence electrons. The van der Waals surface area contributed by atoms with Gasteiger partial charge in [-0.25, -0.2) is 4.57 Å². The maximum Gasteiger partial charge on any atom is 0.472 e. The molecule has 0 radical (unpaired) electrons. The number of unbranched alkanes of at least 4 members (excludes halogenated alkanes) is 5. The standard InChI is InChI=1S/C23H40NO8P/c1-18-13-12-14-20(19(18)2)30-15-10-8-6-7-9-11-16-31-33(28,29)32-21(17-22(25)26)23(27)24(3,4)5/h12-14,21,23H,6-11,15-17H2,1-5H3,(H,25,26)(H,28,29)/t21-,23?/m1/s1. The molecule has 0 spiro atoms. The minimum Gasteiger partial charge on any atom is -0.804 e. The lowest BCUT2D eigenvalue weighted by atomic mass is 10.1. The predicted octanol–water partition coefficient (Wildman–Crippen LogP) is 3.39. The van der Waals surface area contributed by atoms with E-state index in [1.807, 2.05) is 12.1 Å². The summed E-state index contributed by atoms with van der Waals surface area (Å²) in [4.78, 5) is 20.9. The van der Waals surface area contributed by atoms with Crippen LogP contribution in [0.25, 0.3) is 0 Å². The van der Waals surface area contributed by atoms with Gasteiger partial charge in [-0.1, -0.05) is 37.8 Å². The SMILES string of the molecule is Cc1cccc(OCCCCCCCCOP(=O)(O)O[C@H](CC(=O)O)C([O-])[N+](C)(C)C)c1C. The van der Waals surface area contributed by atoms with Crippen molar-refractivity contribution in [2.45, 2.75) is 71.1 Å². The topological polar surface area (TPSA) is 125 Å². The molecule has 0 saturated carbocycles. The summed E-state index contributed by atoms with van der Waals surface area (Å²) in [5.74, 6) is -0.355. The number of likely N-dealkylation sites (N-methyl/N-ethyl adjacent to an activating group) is 1. The number of rotatable bonds is 17. The van der Waals surface area contributed by atoms with Crippen LogP contribution >= 0.6 is 7.82 Å². The van der Waals surface area contributed by atoms with E-state index in [1.165, 1.54) is 11.1 Å². The van der Waals surface area contributed by atoms with Crippen LogP contribution in [0.4, 0.5) is 0 Å². The molecule has 1 aromatic carbocycles. The van der Waals surface area contributed by atoms with E-state index < -0.39 is 32.5 Å². The molecule has 0 fully saturated rings. The van der Waals surface area contributed by atoms with E-state index in [0.29, 0.717) is 13.0 Å². The van der Waals surface area contributed by atoms with E-state index >= 15 is 0 Å². The van der Waals surface area contributed by atoms with Gasteiger partial charge in [0.1, 0.15) is 11.9 Å². The summed E-state index contributed by atoms with van der Waals surface area (Å²) in [6.07, 6.45) is 1.63. The van der Waals surface area contributed by atoms with Gasteiger partial charge in [0.2, 0.25) is 0 Å². The van der Waals surface area contributed by atoms with Crippen molar-refractivity contribution in [3.63, 3.8) is 0 Å². The highest BCUT2D eigenvalue weighted by atomic mass is 31.2. The molecule has 2 N–H and O–H groups in total. The Kier molecular flexibility index (Phi) is 12.6. The molecule has 0 heterocycles. The fourth-order valence-electron chi connectivity index (χ4n) is 3.22. The third-order valence-corrected chi connectivity index (χ3v) is 6.38. The molecule has 0 amide bonds. The van der Waals surface area contributed by atoms with E-state index in [0.717, 1.165) is 37.9 Å². The van der Waals surface area contributed by atoms with Crippen LogP contribution in [0.15, 0.2) is 18.2 Å². The third kappa shape index (κ3) is 12.0. The summed E-state index contributed by atoms with van der Waals surface area (Å²) in [6, 6.07) is 6.04. The second-order valence-corrected chi connectivity index (χ2v) is 10.6. The smallest absolute Gasteiger partial charge is 0.472 e. The largest absolute Gasteiger partial charge is 0.804 e. The van der Waals surface area contributed by atoms with Gasteiger partial charge in [-0.15, -0.1) is 0 Å². The van der Waals surface area contributed by atoms with Gasteiger partial charge < -0.3 is 24.3 Å². The van der Waals surface area contributed by atoms with Gasteiger partial charge in [-0.2, -0.15) is 0 Å². The summed E-state index contributed by atoms with van der Waals surface area (Å²) in [6.45, 7) is 4.78. The monoisotopic (exact) mass is 489 g/mol. The zero-order valence-electron chi connectivity index (χ0n) is 20.5. The van der Waals surface area contributed by atoms with Gasteiger partial charge in [0.15, 0.2) is 0 Å². The van der Waals surface area contributed by atoms with Crippen molar-refractivity contribution < 1.29 is 42.7 Å². The first-order valence-electron chi connectivity index (χ1n) is 11.4. The predicted molar refractivity (Wildman–Crippen MR) is 124 cm³/mol. The average molecular weight is 490 g/mol. The summed E-state index contributed by atoms with van der Waals surface area (Å²) in [5.41, 5.74) is 2.38. The summed E-state index contributed by atoms with van der Waals surface area (Å²) in [5, 5.41) is 21.4. The molecule has 0 bridgehead atoms. The van der Waals surface area contributed by atoms with Crippen LogP contribution in [0.3, 0.4) is 0 Å². The Morgan fingerprint density at radius 1 is 1.06 bits per heavy atom. The number of hydrogen-bond acceptors (Lipinski definition) is 6. The average Bonchev–Trinajstić information content (AvgIpc) is 2.70. The van der Waals surface area contributed by atoms with Crippen LogP contribution in [0, 0.1) is 13.8 Å². The van der Waals surface area contributed by atoms with E-state index in [4.69, 9.17) is 18.9 Å². The van der Waals surface area contributed by atoms with Crippen LogP contribution < -0.4 is 9.84 Å². The zero-order chi connectivity index (χ0) is 25.1. The Labute approximate surface area is 197 Å². The van der Waals surface area contributed by atoms with Crippen molar-refractivity contribution >= 4 is 13.8 Å². The van der Waals surface area contributed by atoms with Crippen LogP contribution in [0.2, 0.25) is 0 Å². The lowest BCUT2D eigenvalue weighted by Crippen LogP contribution is -2.60. The Morgan fingerprint density at radius 3 is 2.21 bits per heavy atom. The molecule has 0 aliphatic heterocycles. The number of carbonyl (C=O) groups is 1. The molecule has 0 aliphatic rings. The molecule has 1 rings (SSSR count). The highest BCUT2D eigenvalue weighted by Crippen LogP contribution is 2.45. The number of aliphatic carboxylic acids is 1. The number of ether oxygens (including phenoxy) is 1. The van der Waals surface area contributed by atoms with Crippen LogP contribution in [-0.2, 0) is 18.4 Å². The van der Waals surface area contributed by atoms with Crippen molar-refractivity contribution in [2.75, 3.05) is 34.4 Å². The molecule has 9 nitrogen and oxygen atoms in total. The number of nitrogens with zero attached hydrogens (tertiary/aromatic N) is 1. The number of carboxylic acid groups (broad SMARTS) is 1. The molecule has 2 unspecified atom stereocenters.